The molecule has 79 valence electrons. The van der Waals surface area contributed by atoms with E-state index in [1.165, 1.54) is 0 Å². The molecule has 7 nitrogen and oxygen atoms in total. The molecular weight excluding hydrogens is 218 g/mol. The van der Waals surface area contributed by atoms with Gasteiger partial charge in [-0.05, 0) is 0 Å². The Bertz CT molecular complexity index is 238. The number of hydrogen-bond acceptors (Lipinski definition) is 4. The number of carboxylic acids is 3. The first-order valence-corrected chi connectivity index (χ1v) is 3.17. The van der Waals surface area contributed by atoms with Gasteiger partial charge in [-0.2, -0.15) is 0 Å². The van der Waals surface area contributed by atoms with Crippen molar-refractivity contribution in [1.29, 1.82) is 0 Å². The van der Waals surface area contributed by atoms with E-state index in [0.29, 0.717) is 0 Å². The summed E-state index contributed by atoms with van der Waals surface area (Å²) in [7, 11) is 0. The van der Waals surface area contributed by atoms with Crippen LogP contribution >= 0.6 is 0 Å². The van der Waals surface area contributed by atoms with Crippen molar-refractivity contribution in [2.75, 3.05) is 0 Å². The summed E-state index contributed by atoms with van der Waals surface area (Å²) in [4.78, 5) is 30.5. The number of hydrogen-bond donors (Lipinski definition) is 4. The maximum absolute atomic E-state index is 10.3. The van der Waals surface area contributed by atoms with Crippen molar-refractivity contribution in [1.82, 2.24) is 0 Å². The van der Waals surface area contributed by atoms with Gasteiger partial charge in [0.25, 0.3) is 0 Å². The first-order valence-electron chi connectivity index (χ1n) is 3.17. The van der Waals surface area contributed by atoms with Crippen LogP contribution in [-0.2, 0) is 14.4 Å². The fourth-order valence-electron chi connectivity index (χ4n) is 0.714. The van der Waals surface area contributed by atoms with Gasteiger partial charge in [-0.25, -0.2) is 4.79 Å². The van der Waals surface area contributed by atoms with Crippen LogP contribution in [0.25, 0.3) is 0 Å². The molecule has 0 aliphatic carbocycles. The molecule has 9 heteroatoms. The van der Waals surface area contributed by atoms with E-state index in [1.807, 2.05) is 0 Å². The molecule has 0 atom stereocenters. The molecule has 0 aromatic carbocycles. The molecule has 0 aliphatic rings. The Morgan fingerprint density at radius 3 is 1.33 bits per heavy atom. The van der Waals surface area contributed by atoms with Crippen molar-refractivity contribution >= 4 is 55.9 Å². The van der Waals surface area contributed by atoms with Crippen molar-refractivity contribution in [3.8, 4) is 0 Å². The summed E-state index contributed by atoms with van der Waals surface area (Å²) < 4.78 is 0. The molecule has 0 saturated carbocycles. The first kappa shape index (κ1) is 19.9. The summed E-state index contributed by atoms with van der Waals surface area (Å²) in [5, 5.41) is 33.8. The Morgan fingerprint density at radius 1 is 0.933 bits per heavy atom. The topological polar surface area (TPSA) is 132 Å². The summed E-state index contributed by atoms with van der Waals surface area (Å²) in [5.41, 5.74) is -2.74. The monoisotopic (exact) mass is 227 g/mol. The third-order valence-corrected chi connectivity index (χ3v) is 1.29. The molecule has 0 saturated heterocycles. The molecule has 15 heavy (non-hydrogen) atoms. The van der Waals surface area contributed by atoms with Crippen LogP contribution in [0, 0.1) is 0 Å². The molecule has 0 aromatic heterocycles. The van der Waals surface area contributed by atoms with Crippen LogP contribution in [0.3, 0.4) is 0 Å². The van der Waals surface area contributed by atoms with E-state index < -0.39 is 36.4 Å². The Morgan fingerprint density at radius 2 is 1.20 bits per heavy atom. The van der Waals surface area contributed by atoms with E-state index in [2.05, 4.69) is 0 Å². The summed E-state index contributed by atoms with van der Waals surface area (Å²) in [6.45, 7) is 0. The minimum absolute atomic E-state index is 0. The Labute approximate surface area is 109 Å². The maximum atomic E-state index is 10.3. The fraction of sp³-hybridized carbons (Fsp3) is 0.500. The zero-order valence-corrected chi connectivity index (χ0v) is 7.01. The molecule has 0 fully saturated rings. The van der Waals surface area contributed by atoms with E-state index in [4.69, 9.17) is 20.4 Å². The van der Waals surface area contributed by atoms with E-state index in [9.17, 15) is 14.4 Å². The van der Waals surface area contributed by atoms with Gasteiger partial charge in [0, 0.05) is 8.41 Å². The number of aliphatic carboxylic acids is 3. The normalized spacial score (nSPS) is 9.40. The van der Waals surface area contributed by atoms with E-state index in [-0.39, 0.29) is 38.0 Å². The van der Waals surface area contributed by atoms with Crippen molar-refractivity contribution in [2.45, 2.75) is 18.4 Å². The summed E-state index contributed by atoms with van der Waals surface area (Å²) in [6, 6.07) is 0. The fourth-order valence-corrected chi connectivity index (χ4v) is 0.714. The van der Waals surface area contributed by atoms with Gasteiger partial charge >= 0.3 is 47.5 Å². The predicted molar refractivity (Wildman–Crippen MR) is 50.0 cm³/mol. The van der Waals surface area contributed by atoms with Crippen LogP contribution in [0.4, 0.5) is 0 Å². The Balaban J connectivity index is -0.000000720. The molecule has 0 heterocycles. The molecule has 4 N–H and O–H groups in total. The van der Waals surface area contributed by atoms with Crippen LogP contribution in [0.5, 0.6) is 0 Å². The number of carboxylic acid groups (broad SMARTS) is 3. The van der Waals surface area contributed by atoms with Crippen molar-refractivity contribution in [3.05, 3.63) is 0 Å². The first-order chi connectivity index (χ1) is 5.78. The molecule has 3 radical (unpaired) electrons. The van der Waals surface area contributed by atoms with Gasteiger partial charge < -0.3 is 20.4 Å². The molecule has 0 rings (SSSR count). The zero-order chi connectivity index (χ0) is 10.6. The summed E-state index contributed by atoms with van der Waals surface area (Å²) in [5.74, 6) is -5.02. The van der Waals surface area contributed by atoms with Crippen molar-refractivity contribution < 1.29 is 34.8 Å². The second kappa shape index (κ2) is 7.69. The number of aliphatic hydroxyl groups is 1. The van der Waals surface area contributed by atoms with Gasteiger partial charge in [0.1, 0.15) is 0 Å². The van der Waals surface area contributed by atoms with E-state index in [0.717, 1.165) is 0 Å². The minimum atomic E-state index is -2.74. The predicted octanol–water partition coefficient (Wildman–Crippen LogP) is -2.28. The number of rotatable bonds is 5. The Kier molecular flexibility index (Phi) is 10.2. The molecule has 0 unspecified atom stereocenters. The third kappa shape index (κ3) is 7.37. The molecular formula is C6H9BNaO7. The number of carbonyl (C=O) groups is 3. The van der Waals surface area contributed by atoms with Gasteiger partial charge in [0.05, 0.1) is 12.8 Å². The molecule has 0 aliphatic heterocycles. The van der Waals surface area contributed by atoms with Gasteiger partial charge in [0.2, 0.25) is 0 Å². The summed E-state index contributed by atoms with van der Waals surface area (Å²) >= 11 is 0. The summed E-state index contributed by atoms with van der Waals surface area (Å²) in [6.07, 6.45) is -2.29. The van der Waals surface area contributed by atoms with Crippen LogP contribution in [0.15, 0.2) is 0 Å². The zero-order valence-electron chi connectivity index (χ0n) is 7.01. The van der Waals surface area contributed by atoms with E-state index >= 15 is 0 Å². The average molecular weight is 227 g/mol. The van der Waals surface area contributed by atoms with E-state index in [1.54, 1.807) is 0 Å². The van der Waals surface area contributed by atoms with Crippen molar-refractivity contribution in [2.24, 2.45) is 0 Å². The van der Waals surface area contributed by atoms with Gasteiger partial charge in [-0.1, -0.05) is 0 Å². The molecule has 0 aromatic rings. The SMILES string of the molecule is O=C(O)CC(O)(CC(=O)O)C(=O)O.[B].[NaH]. The Hall–Kier alpha value is -0.565. The molecule has 0 amide bonds. The van der Waals surface area contributed by atoms with Crippen molar-refractivity contribution in [3.63, 3.8) is 0 Å². The van der Waals surface area contributed by atoms with Crippen LogP contribution < -0.4 is 0 Å². The molecule has 0 bridgehead atoms. The quantitative estimate of drug-likeness (QED) is 0.389. The van der Waals surface area contributed by atoms with Gasteiger partial charge in [-0.15, -0.1) is 0 Å². The van der Waals surface area contributed by atoms with Gasteiger partial charge in [-0.3, -0.25) is 9.59 Å². The molecule has 0 spiro atoms. The third-order valence-electron chi connectivity index (χ3n) is 1.29. The average Bonchev–Trinajstić information content (AvgIpc) is 1.82. The van der Waals surface area contributed by atoms with Gasteiger partial charge in [0.15, 0.2) is 5.60 Å². The van der Waals surface area contributed by atoms with Crippen LogP contribution in [0.2, 0.25) is 0 Å². The second-order valence-corrected chi connectivity index (χ2v) is 2.48. The van der Waals surface area contributed by atoms with Crippen LogP contribution in [0.1, 0.15) is 12.8 Å². The second-order valence-electron chi connectivity index (χ2n) is 2.48. The van der Waals surface area contributed by atoms with Crippen LogP contribution in [-0.4, -0.2) is 81.9 Å². The standard InChI is InChI=1S/C6H8O7.B.Na.H/c7-3(8)1-6(13,5(11)12)2-4(9)10;;;/h13H,1-2H2,(H,7,8)(H,9,10)(H,11,12);;;.